The molecule has 0 aromatic heterocycles. The molecule has 3 atom stereocenters. The van der Waals surface area contributed by atoms with Gasteiger partial charge in [-0.1, -0.05) is 49.2 Å². The Bertz CT molecular complexity index is 1730. The summed E-state index contributed by atoms with van der Waals surface area (Å²) in [4.78, 5) is 40.9. The summed E-state index contributed by atoms with van der Waals surface area (Å²) in [5.74, 6) is -1.02. The number of unbranched alkanes of at least 4 members (excludes halogenated alkanes) is 2. The zero-order valence-corrected chi connectivity index (χ0v) is 29.3. The van der Waals surface area contributed by atoms with Crippen LogP contribution in [0.1, 0.15) is 61.9 Å². The molecule has 49 heavy (non-hydrogen) atoms. The number of likely N-dealkylation sites (N-methyl/N-ethyl adjacent to an activating group) is 1. The highest BCUT2D eigenvalue weighted by molar-refractivity contribution is 7.89. The number of rotatable bonds is 14. The number of anilines is 3. The summed E-state index contributed by atoms with van der Waals surface area (Å²) in [6.45, 7) is 5.41. The van der Waals surface area contributed by atoms with Gasteiger partial charge in [-0.2, -0.15) is 4.31 Å². The van der Waals surface area contributed by atoms with E-state index in [0.29, 0.717) is 30.6 Å². The summed E-state index contributed by atoms with van der Waals surface area (Å²) < 4.78 is 34.7. The van der Waals surface area contributed by atoms with Crippen LogP contribution in [0.15, 0.2) is 71.6 Å². The third-order valence-corrected chi connectivity index (χ3v) is 10.5. The first kappa shape index (κ1) is 37.4. The quantitative estimate of drug-likeness (QED) is 0.140. The zero-order chi connectivity index (χ0) is 35.7. The molecule has 1 aliphatic heterocycles. The van der Waals surface area contributed by atoms with E-state index in [4.69, 9.17) is 10.5 Å². The van der Waals surface area contributed by atoms with Gasteiger partial charge in [-0.15, -0.1) is 0 Å². The van der Waals surface area contributed by atoms with E-state index in [1.807, 2.05) is 13.8 Å². The monoisotopic (exact) mass is 693 g/mol. The number of amides is 3. The molecular formula is C36H47N5O7S. The Morgan fingerprint density at radius 3 is 2.22 bits per heavy atom. The molecule has 0 radical (unpaired) electrons. The third kappa shape index (κ3) is 9.58. The van der Waals surface area contributed by atoms with Gasteiger partial charge in [0.15, 0.2) is 5.75 Å². The van der Waals surface area contributed by atoms with Gasteiger partial charge in [0.25, 0.3) is 5.91 Å². The molecule has 3 aromatic carbocycles. The lowest BCUT2D eigenvalue weighted by Crippen LogP contribution is -2.50. The summed E-state index contributed by atoms with van der Waals surface area (Å²) >= 11 is 0. The van der Waals surface area contributed by atoms with Gasteiger partial charge in [0, 0.05) is 32.4 Å². The summed E-state index contributed by atoms with van der Waals surface area (Å²) in [5, 5.41) is 15.6. The van der Waals surface area contributed by atoms with Crippen LogP contribution in [-0.4, -0.2) is 79.3 Å². The normalized spacial score (nSPS) is 17.0. The highest BCUT2D eigenvalue weighted by Gasteiger charge is 2.36. The number of nitrogens with one attached hydrogen (secondary N) is 2. The average Bonchev–Trinajstić information content (AvgIpc) is 3.07. The van der Waals surface area contributed by atoms with E-state index in [1.54, 1.807) is 78.6 Å². The fourth-order valence-electron chi connectivity index (χ4n) is 5.59. The van der Waals surface area contributed by atoms with Crippen molar-refractivity contribution >= 4 is 44.8 Å². The average molecular weight is 694 g/mol. The number of fused-ring (bicyclic) bond motifs is 1. The van der Waals surface area contributed by atoms with E-state index in [2.05, 4.69) is 10.6 Å². The Hall–Kier alpha value is -4.46. The number of nitrogens with two attached hydrogens (primary N) is 1. The van der Waals surface area contributed by atoms with Gasteiger partial charge >= 0.3 is 0 Å². The minimum atomic E-state index is -3.86. The van der Waals surface area contributed by atoms with Crippen molar-refractivity contribution in [2.75, 3.05) is 43.1 Å². The van der Waals surface area contributed by atoms with Gasteiger partial charge < -0.3 is 31.1 Å². The largest absolute Gasteiger partial charge is 0.486 e. The number of benzene rings is 3. The van der Waals surface area contributed by atoms with Crippen molar-refractivity contribution in [3.8, 4) is 5.75 Å². The third-order valence-electron chi connectivity index (χ3n) is 8.67. The number of nitrogens with zero attached hydrogens (tertiary/aromatic N) is 2. The van der Waals surface area contributed by atoms with E-state index in [9.17, 15) is 27.9 Å². The molecule has 1 aliphatic rings. The molecule has 3 aromatic rings. The number of nitrogen functional groups attached to an aromatic ring is 1. The van der Waals surface area contributed by atoms with E-state index in [1.165, 1.54) is 11.4 Å². The molecule has 0 saturated carbocycles. The van der Waals surface area contributed by atoms with E-state index in [0.717, 1.165) is 5.56 Å². The highest BCUT2D eigenvalue weighted by atomic mass is 32.2. The number of hydrogen-bond donors (Lipinski definition) is 4. The molecule has 5 N–H and O–H groups in total. The zero-order valence-electron chi connectivity index (χ0n) is 28.5. The number of para-hydroxylation sites is 3. The van der Waals surface area contributed by atoms with Crippen molar-refractivity contribution in [1.82, 2.24) is 9.21 Å². The smallest absolute Gasteiger partial charge is 0.258 e. The van der Waals surface area contributed by atoms with Crippen LogP contribution in [0.4, 0.5) is 17.1 Å². The molecule has 0 spiro atoms. The second kappa shape index (κ2) is 16.8. The molecule has 264 valence electrons. The maximum absolute atomic E-state index is 13.8. The molecule has 3 amide bonds. The second-order valence-corrected chi connectivity index (χ2v) is 14.7. The first-order valence-electron chi connectivity index (χ1n) is 16.5. The fourth-order valence-corrected chi connectivity index (χ4v) is 6.77. The van der Waals surface area contributed by atoms with Crippen LogP contribution in [0.3, 0.4) is 0 Å². The van der Waals surface area contributed by atoms with Gasteiger partial charge in [0.2, 0.25) is 21.8 Å². The Morgan fingerprint density at radius 1 is 0.980 bits per heavy atom. The molecule has 0 bridgehead atoms. The number of aliphatic hydroxyl groups excluding tert-OH is 1. The summed E-state index contributed by atoms with van der Waals surface area (Å²) in [6, 6.07) is 18.0. The van der Waals surface area contributed by atoms with Crippen molar-refractivity contribution in [1.29, 1.82) is 0 Å². The number of carbonyl (C=O) groups is 3. The molecule has 0 unspecified atom stereocenters. The predicted octanol–water partition coefficient (Wildman–Crippen LogP) is 4.65. The summed E-state index contributed by atoms with van der Waals surface area (Å²) in [7, 11) is -2.37. The summed E-state index contributed by atoms with van der Waals surface area (Å²) in [6.07, 6.45) is 1.51. The van der Waals surface area contributed by atoms with Gasteiger partial charge in [-0.05, 0) is 63.1 Å². The molecule has 1 heterocycles. The van der Waals surface area contributed by atoms with E-state index < -0.39 is 22.2 Å². The molecule has 0 saturated heterocycles. The Labute approximate surface area is 288 Å². The van der Waals surface area contributed by atoms with Crippen molar-refractivity contribution in [3.63, 3.8) is 0 Å². The standard InChI is InChI=1S/C36H47N5O7S/c1-24-17-19-27(20-18-24)49(46,47)40(4)22-32-25(2)21-41(26(3)23-42)36(45)28-11-10-14-31(35(28)48-32)39-34(44)16-7-5-6-15-33(43)38-30-13-9-8-12-29(30)37/h8-14,17-20,25-26,32,42H,5-7,15-16,21-23,37H2,1-4H3,(H,38,43)(H,39,44)/t25-,26-,32+/m1/s1. The number of aryl methyl sites for hydroxylation is 1. The topological polar surface area (TPSA) is 171 Å². The van der Waals surface area contributed by atoms with Crippen molar-refractivity contribution in [3.05, 3.63) is 77.9 Å². The number of aliphatic hydroxyl groups is 1. The Morgan fingerprint density at radius 2 is 1.59 bits per heavy atom. The van der Waals surface area contributed by atoms with E-state index in [-0.39, 0.29) is 78.1 Å². The van der Waals surface area contributed by atoms with Crippen LogP contribution in [0.2, 0.25) is 0 Å². The second-order valence-electron chi connectivity index (χ2n) is 12.6. The number of hydrogen-bond acceptors (Lipinski definition) is 8. The summed E-state index contributed by atoms with van der Waals surface area (Å²) in [5.41, 5.74) is 8.36. The van der Waals surface area contributed by atoms with Crippen LogP contribution in [-0.2, 0) is 19.6 Å². The highest BCUT2D eigenvalue weighted by Crippen LogP contribution is 2.35. The van der Waals surface area contributed by atoms with Crippen LogP contribution < -0.4 is 21.1 Å². The molecule has 13 heteroatoms. The van der Waals surface area contributed by atoms with Gasteiger partial charge in [-0.25, -0.2) is 8.42 Å². The van der Waals surface area contributed by atoms with Crippen LogP contribution in [0, 0.1) is 12.8 Å². The van der Waals surface area contributed by atoms with Gasteiger partial charge in [-0.3, -0.25) is 14.4 Å². The molecular weight excluding hydrogens is 646 g/mol. The molecule has 0 aliphatic carbocycles. The molecule has 4 rings (SSSR count). The lowest BCUT2D eigenvalue weighted by Gasteiger charge is -2.38. The maximum atomic E-state index is 13.8. The lowest BCUT2D eigenvalue weighted by molar-refractivity contribution is -0.116. The van der Waals surface area contributed by atoms with Gasteiger partial charge in [0.05, 0.1) is 46.7 Å². The van der Waals surface area contributed by atoms with Crippen molar-refractivity contribution < 1.29 is 32.6 Å². The van der Waals surface area contributed by atoms with Crippen LogP contribution >= 0.6 is 0 Å². The van der Waals surface area contributed by atoms with Gasteiger partial charge in [0.1, 0.15) is 6.10 Å². The SMILES string of the molecule is Cc1ccc(S(=O)(=O)N(C)C[C@@H]2Oc3c(NC(=O)CCCCCC(=O)Nc4ccccc4N)cccc3C(=O)N([C@H](C)CO)C[C@H]2C)cc1. The first-order chi connectivity index (χ1) is 23.3. The maximum Gasteiger partial charge on any atom is 0.258 e. The first-order valence-corrected chi connectivity index (χ1v) is 17.9. The Balaban J connectivity index is 1.46. The minimum absolute atomic E-state index is 0.0287. The predicted molar refractivity (Wildman–Crippen MR) is 190 cm³/mol. The number of sulfonamides is 1. The minimum Gasteiger partial charge on any atom is -0.486 e. The number of ether oxygens (including phenoxy) is 1. The van der Waals surface area contributed by atoms with Crippen LogP contribution in [0.5, 0.6) is 5.75 Å². The van der Waals surface area contributed by atoms with Crippen molar-refractivity contribution in [2.24, 2.45) is 5.92 Å². The van der Waals surface area contributed by atoms with Crippen molar-refractivity contribution in [2.45, 2.75) is 69.9 Å². The van der Waals surface area contributed by atoms with Crippen LogP contribution in [0.25, 0.3) is 0 Å². The lowest BCUT2D eigenvalue weighted by atomic mass is 9.99. The number of carbonyl (C=O) groups excluding carboxylic acids is 3. The Kier molecular flexibility index (Phi) is 12.8. The van der Waals surface area contributed by atoms with E-state index >= 15 is 0 Å². The molecule has 0 fully saturated rings. The molecule has 12 nitrogen and oxygen atoms in total. The fraction of sp³-hybridized carbons (Fsp3) is 0.417.